The molecule has 1 heterocycles. The van der Waals surface area contributed by atoms with Crippen molar-refractivity contribution in [1.82, 2.24) is 0 Å². The SMILES string of the molecule is Cc1c(CN)cccc1S(=O)(=O)Nc1ccsc1. The molecular weight excluding hydrogens is 268 g/mol. The van der Waals surface area contributed by atoms with Gasteiger partial charge in [-0.25, -0.2) is 8.42 Å². The lowest BCUT2D eigenvalue weighted by Crippen LogP contribution is -2.15. The topological polar surface area (TPSA) is 72.2 Å². The van der Waals surface area contributed by atoms with E-state index in [1.807, 2.05) is 11.4 Å². The normalized spacial score (nSPS) is 11.4. The van der Waals surface area contributed by atoms with Gasteiger partial charge >= 0.3 is 0 Å². The highest BCUT2D eigenvalue weighted by molar-refractivity contribution is 7.92. The molecule has 0 saturated carbocycles. The molecule has 6 heteroatoms. The number of nitrogens with one attached hydrogen (secondary N) is 1. The van der Waals surface area contributed by atoms with Crippen LogP contribution in [0.4, 0.5) is 5.69 Å². The number of benzene rings is 1. The summed E-state index contributed by atoms with van der Waals surface area (Å²) in [5.41, 5.74) is 7.70. The highest BCUT2D eigenvalue weighted by atomic mass is 32.2. The molecule has 0 aliphatic carbocycles. The maximum Gasteiger partial charge on any atom is 0.262 e. The Morgan fingerprint density at radius 3 is 2.72 bits per heavy atom. The van der Waals surface area contributed by atoms with Crippen LogP contribution in [0.1, 0.15) is 11.1 Å². The van der Waals surface area contributed by atoms with Gasteiger partial charge in [-0.3, -0.25) is 4.72 Å². The van der Waals surface area contributed by atoms with Gasteiger partial charge in [-0.15, -0.1) is 0 Å². The van der Waals surface area contributed by atoms with Crippen molar-refractivity contribution < 1.29 is 8.42 Å². The molecule has 0 bridgehead atoms. The van der Waals surface area contributed by atoms with Crippen LogP contribution in [0.15, 0.2) is 39.9 Å². The summed E-state index contributed by atoms with van der Waals surface area (Å²) in [5, 5.41) is 3.57. The van der Waals surface area contributed by atoms with Gasteiger partial charge < -0.3 is 5.73 Å². The Morgan fingerprint density at radius 2 is 2.11 bits per heavy atom. The Balaban J connectivity index is 2.42. The van der Waals surface area contributed by atoms with Crippen molar-refractivity contribution in [3.63, 3.8) is 0 Å². The van der Waals surface area contributed by atoms with Crippen LogP contribution in [-0.2, 0) is 16.6 Å². The van der Waals surface area contributed by atoms with Crippen LogP contribution < -0.4 is 10.5 Å². The quantitative estimate of drug-likeness (QED) is 0.904. The maximum atomic E-state index is 12.2. The van der Waals surface area contributed by atoms with E-state index in [0.29, 0.717) is 17.8 Å². The van der Waals surface area contributed by atoms with Crippen LogP contribution in [0.5, 0.6) is 0 Å². The molecule has 0 aliphatic heterocycles. The standard InChI is InChI=1S/C12H14N2O2S2/c1-9-10(7-13)3-2-4-12(9)18(15,16)14-11-5-6-17-8-11/h2-6,8,14H,7,13H2,1H3. The summed E-state index contributed by atoms with van der Waals surface area (Å²) in [4.78, 5) is 0.275. The van der Waals surface area contributed by atoms with Gasteiger partial charge in [-0.2, -0.15) is 11.3 Å². The average Bonchev–Trinajstić information content (AvgIpc) is 2.81. The first-order chi connectivity index (χ1) is 8.54. The van der Waals surface area contributed by atoms with Crippen molar-refractivity contribution in [2.45, 2.75) is 18.4 Å². The highest BCUT2D eigenvalue weighted by Gasteiger charge is 2.18. The van der Waals surface area contributed by atoms with E-state index in [1.54, 1.807) is 30.5 Å². The molecule has 2 rings (SSSR count). The van der Waals surface area contributed by atoms with Crippen molar-refractivity contribution in [2.24, 2.45) is 5.73 Å². The van der Waals surface area contributed by atoms with Crippen LogP contribution >= 0.6 is 11.3 Å². The van der Waals surface area contributed by atoms with Gasteiger partial charge in [0.15, 0.2) is 0 Å². The van der Waals surface area contributed by atoms with Gasteiger partial charge in [0.05, 0.1) is 10.6 Å². The van der Waals surface area contributed by atoms with Gasteiger partial charge in [0, 0.05) is 11.9 Å². The number of sulfonamides is 1. The number of nitrogens with two attached hydrogens (primary N) is 1. The second-order valence-corrected chi connectivity index (χ2v) is 6.29. The Morgan fingerprint density at radius 1 is 1.33 bits per heavy atom. The van der Waals surface area contributed by atoms with E-state index in [4.69, 9.17) is 5.73 Å². The van der Waals surface area contributed by atoms with E-state index in [1.165, 1.54) is 11.3 Å². The van der Waals surface area contributed by atoms with E-state index >= 15 is 0 Å². The zero-order chi connectivity index (χ0) is 13.2. The molecule has 0 radical (unpaired) electrons. The summed E-state index contributed by atoms with van der Waals surface area (Å²) in [7, 11) is -3.55. The molecule has 18 heavy (non-hydrogen) atoms. The second-order valence-electron chi connectivity index (χ2n) is 3.86. The molecule has 0 amide bonds. The van der Waals surface area contributed by atoms with Crippen molar-refractivity contribution in [3.8, 4) is 0 Å². The molecule has 0 saturated heterocycles. The third-order valence-corrected chi connectivity index (χ3v) is 4.89. The molecule has 0 fully saturated rings. The lowest BCUT2D eigenvalue weighted by Gasteiger charge is -2.11. The lowest BCUT2D eigenvalue weighted by molar-refractivity contribution is 0.600. The predicted molar refractivity (Wildman–Crippen MR) is 74.2 cm³/mol. The van der Waals surface area contributed by atoms with Gasteiger partial charge in [-0.05, 0) is 35.6 Å². The van der Waals surface area contributed by atoms with E-state index in [-0.39, 0.29) is 4.90 Å². The van der Waals surface area contributed by atoms with E-state index < -0.39 is 10.0 Å². The van der Waals surface area contributed by atoms with Crippen molar-refractivity contribution in [3.05, 3.63) is 46.2 Å². The van der Waals surface area contributed by atoms with Crippen molar-refractivity contribution in [2.75, 3.05) is 4.72 Å². The molecule has 0 spiro atoms. The lowest BCUT2D eigenvalue weighted by atomic mass is 10.1. The highest BCUT2D eigenvalue weighted by Crippen LogP contribution is 2.22. The van der Waals surface area contributed by atoms with E-state index in [2.05, 4.69) is 4.72 Å². The summed E-state index contributed by atoms with van der Waals surface area (Å²) in [6.07, 6.45) is 0. The number of thiophene rings is 1. The van der Waals surface area contributed by atoms with Crippen molar-refractivity contribution >= 4 is 27.0 Å². The Hall–Kier alpha value is -1.37. The molecule has 96 valence electrons. The summed E-state index contributed by atoms with van der Waals surface area (Å²) < 4.78 is 27.0. The Bertz CT molecular complexity index is 634. The minimum absolute atomic E-state index is 0.275. The van der Waals surface area contributed by atoms with E-state index in [9.17, 15) is 8.42 Å². The molecule has 0 atom stereocenters. The largest absolute Gasteiger partial charge is 0.326 e. The Labute approximate surface area is 111 Å². The third kappa shape index (κ3) is 2.55. The molecule has 2 aromatic rings. The van der Waals surface area contributed by atoms with Gasteiger partial charge in [-0.1, -0.05) is 12.1 Å². The fraction of sp³-hybridized carbons (Fsp3) is 0.167. The number of anilines is 1. The van der Waals surface area contributed by atoms with Gasteiger partial charge in [0.1, 0.15) is 0 Å². The average molecular weight is 282 g/mol. The van der Waals surface area contributed by atoms with Crippen LogP contribution in [0, 0.1) is 6.92 Å². The van der Waals surface area contributed by atoms with Gasteiger partial charge in [0.2, 0.25) is 0 Å². The van der Waals surface area contributed by atoms with Gasteiger partial charge in [0.25, 0.3) is 10.0 Å². The molecule has 1 aromatic carbocycles. The third-order valence-electron chi connectivity index (χ3n) is 2.68. The Kier molecular flexibility index (Phi) is 3.70. The minimum Gasteiger partial charge on any atom is -0.326 e. The molecule has 1 aromatic heterocycles. The zero-order valence-electron chi connectivity index (χ0n) is 9.88. The summed E-state index contributed by atoms with van der Waals surface area (Å²) in [6.45, 7) is 2.10. The number of hydrogen-bond acceptors (Lipinski definition) is 4. The fourth-order valence-electron chi connectivity index (χ4n) is 1.70. The molecular formula is C12H14N2O2S2. The molecule has 0 unspecified atom stereocenters. The summed E-state index contributed by atoms with van der Waals surface area (Å²) in [6, 6.07) is 6.85. The molecule has 4 nitrogen and oxygen atoms in total. The first-order valence-electron chi connectivity index (χ1n) is 5.38. The first-order valence-corrected chi connectivity index (χ1v) is 7.81. The fourth-order valence-corrected chi connectivity index (χ4v) is 3.71. The molecule has 3 N–H and O–H groups in total. The monoisotopic (exact) mass is 282 g/mol. The van der Waals surface area contributed by atoms with E-state index in [0.717, 1.165) is 5.56 Å². The minimum atomic E-state index is -3.55. The van der Waals surface area contributed by atoms with Crippen molar-refractivity contribution in [1.29, 1.82) is 0 Å². The zero-order valence-corrected chi connectivity index (χ0v) is 11.5. The molecule has 0 aliphatic rings. The number of rotatable bonds is 4. The van der Waals surface area contributed by atoms with Crippen LogP contribution in [0.3, 0.4) is 0 Å². The summed E-state index contributed by atoms with van der Waals surface area (Å²) >= 11 is 1.44. The van der Waals surface area contributed by atoms with Crippen LogP contribution in [-0.4, -0.2) is 8.42 Å². The number of hydrogen-bond donors (Lipinski definition) is 2. The van der Waals surface area contributed by atoms with Crippen LogP contribution in [0.2, 0.25) is 0 Å². The maximum absolute atomic E-state index is 12.2. The first kappa shape index (κ1) is 13.1. The smallest absolute Gasteiger partial charge is 0.262 e. The second kappa shape index (κ2) is 5.09. The summed E-state index contributed by atoms with van der Waals surface area (Å²) in [5.74, 6) is 0. The predicted octanol–water partition coefficient (Wildman–Crippen LogP) is 2.32. The van der Waals surface area contributed by atoms with Crippen LogP contribution in [0.25, 0.3) is 0 Å².